The highest BCUT2D eigenvalue weighted by Gasteiger charge is 2.26. The van der Waals surface area contributed by atoms with Crippen LogP contribution in [0.4, 0.5) is 5.69 Å². The first-order valence-electron chi connectivity index (χ1n) is 10.9. The van der Waals surface area contributed by atoms with Crippen molar-refractivity contribution in [1.82, 2.24) is 10.2 Å². The molecule has 1 aromatic heterocycles. The number of nitrogens with zero attached hydrogens (tertiary/aromatic N) is 1. The summed E-state index contributed by atoms with van der Waals surface area (Å²) in [6.45, 7) is 2.67. The normalized spacial score (nSPS) is 14.7. The first kappa shape index (κ1) is 23.4. The largest absolute Gasteiger partial charge is 0.467 e. The molecule has 2 N–H and O–H groups in total. The van der Waals surface area contributed by atoms with Gasteiger partial charge in [0.15, 0.2) is 0 Å². The topological polar surface area (TPSA) is 74.6 Å². The average molecular weight is 486 g/mol. The summed E-state index contributed by atoms with van der Waals surface area (Å²) in [5.41, 5.74) is 2.04. The Hall–Kier alpha value is -2.80. The maximum Gasteiger partial charge on any atom is 0.253 e. The predicted octanol–water partition coefficient (Wildman–Crippen LogP) is 5.37. The van der Waals surface area contributed by atoms with Crippen LogP contribution in [-0.4, -0.2) is 29.8 Å². The molecule has 172 valence electrons. The minimum Gasteiger partial charge on any atom is -0.467 e. The Labute approximate surface area is 202 Å². The minimum atomic E-state index is -0.265. The predicted molar refractivity (Wildman–Crippen MR) is 129 cm³/mol. The third kappa shape index (κ3) is 6.16. The standard InChI is InChI=1S/C25H25Cl2N3O3/c26-21-8-7-17(14-22(21)27)16-30-11-9-18(10-12-30)24(31)29-23-6-2-1-5-20(23)25(32)28-15-19-4-3-13-33-19/h1-8,13-14,18H,9-12,15-16H2,(H,28,32)(H,29,31). The van der Waals surface area contributed by atoms with E-state index in [-0.39, 0.29) is 24.3 Å². The Bertz CT molecular complexity index is 1110. The van der Waals surface area contributed by atoms with E-state index in [0.717, 1.165) is 38.0 Å². The van der Waals surface area contributed by atoms with Crippen LogP contribution in [0.15, 0.2) is 65.3 Å². The van der Waals surface area contributed by atoms with E-state index in [1.54, 1.807) is 42.7 Å². The first-order valence-corrected chi connectivity index (χ1v) is 11.6. The molecule has 4 rings (SSSR count). The second-order valence-electron chi connectivity index (χ2n) is 8.10. The van der Waals surface area contributed by atoms with Crippen molar-refractivity contribution < 1.29 is 14.0 Å². The Morgan fingerprint density at radius 1 is 1.00 bits per heavy atom. The van der Waals surface area contributed by atoms with Crippen molar-refractivity contribution >= 4 is 40.7 Å². The summed E-state index contributed by atoms with van der Waals surface area (Å²) in [6, 6.07) is 16.3. The third-order valence-electron chi connectivity index (χ3n) is 5.78. The van der Waals surface area contributed by atoms with Crippen molar-refractivity contribution in [2.75, 3.05) is 18.4 Å². The number of hydrogen-bond acceptors (Lipinski definition) is 4. The fraction of sp³-hybridized carbons (Fsp3) is 0.280. The number of benzene rings is 2. The number of rotatable bonds is 7. The first-order chi connectivity index (χ1) is 16.0. The lowest BCUT2D eigenvalue weighted by molar-refractivity contribution is -0.121. The van der Waals surface area contributed by atoms with Gasteiger partial charge in [0.05, 0.1) is 34.1 Å². The lowest BCUT2D eigenvalue weighted by atomic mass is 9.95. The molecule has 1 aliphatic heterocycles. The van der Waals surface area contributed by atoms with E-state index < -0.39 is 0 Å². The Morgan fingerprint density at radius 2 is 1.79 bits per heavy atom. The fourth-order valence-corrected chi connectivity index (χ4v) is 4.27. The van der Waals surface area contributed by atoms with Crippen molar-refractivity contribution in [2.24, 2.45) is 5.92 Å². The lowest BCUT2D eigenvalue weighted by Crippen LogP contribution is -2.38. The summed E-state index contributed by atoms with van der Waals surface area (Å²) < 4.78 is 5.25. The summed E-state index contributed by atoms with van der Waals surface area (Å²) >= 11 is 12.1. The molecule has 2 heterocycles. The van der Waals surface area contributed by atoms with E-state index in [1.165, 1.54) is 0 Å². The smallest absolute Gasteiger partial charge is 0.253 e. The second kappa shape index (κ2) is 10.9. The molecule has 0 bridgehead atoms. The van der Waals surface area contributed by atoms with Gasteiger partial charge in [0, 0.05) is 12.5 Å². The van der Waals surface area contributed by atoms with E-state index in [0.29, 0.717) is 27.1 Å². The van der Waals surface area contributed by atoms with E-state index >= 15 is 0 Å². The van der Waals surface area contributed by atoms with E-state index in [1.807, 2.05) is 18.2 Å². The van der Waals surface area contributed by atoms with Gasteiger partial charge in [-0.25, -0.2) is 0 Å². The zero-order valence-corrected chi connectivity index (χ0v) is 19.5. The molecule has 3 aromatic rings. The van der Waals surface area contributed by atoms with Gasteiger partial charge < -0.3 is 15.1 Å². The van der Waals surface area contributed by atoms with Gasteiger partial charge in [-0.2, -0.15) is 0 Å². The number of carbonyl (C=O) groups is 2. The van der Waals surface area contributed by atoms with Crippen LogP contribution in [-0.2, 0) is 17.9 Å². The maximum absolute atomic E-state index is 12.9. The lowest BCUT2D eigenvalue weighted by Gasteiger charge is -2.31. The molecule has 0 saturated carbocycles. The summed E-state index contributed by atoms with van der Waals surface area (Å²) in [5.74, 6) is 0.237. The quantitative estimate of drug-likeness (QED) is 0.471. The van der Waals surface area contributed by atoms with Crippen LogP contribution in [0.5, 0.6) is 0 Å². The molecule has 0 spiro atoms. The number of furan rings is 1. The molecule has 8 heteroatoms. The SMILES string of the molecule is O=C(NCc1ccco1)c1ccccc1NC(=O)C1CCN(Cc2ccc(Cl)c(Cl)c2)CC1. The summed E-state index contributed by atoms with van der Waals surface area (Å²) in [7, 11) is 0. The van der Waals surface area contributed by atoms with Gasteiger partial charge in [-0.1, -0.05) is 41.4 Å². The highest BCUT2D eigenvalue weighted by atomic mass is 35.5. The van der Waals surface area contributed by atoms with Gasteiger partial charge in [-0.05, 0) is 67.9 Å². The molecule has 1 fully saturated rings. The molecule has 1 saturated heterocycles. The van der Waals surface area contributed by atoms with Crippen molar-refractivity contribution in [3.63, 3.8) is 0 Å². The van der Waals surface area contributed by atoms with Gasteiger partial charge in [-0.15, -0.1) is 0 Å². The van der Waals surface area contributed by atoms with Crippen LogP contribution in [0.2, 0.25) is 10.0 Å². The van der Waals surface area contributed by atoms with Gasteiger partial charge in [0.25, 0.3) is 5.91 Å². The summed E-state index contributed by atoms with van der Waals surface area (Å²) in [5, 5.41) is 6.88. The summed E-state index contributed by atoms with van der Waals surface area (Å²) in [6.07, 6.45) is 3.06. The molecule has 0 aliphatic carbocycles. The highest BCUT2D eigenvalue weighted by molar-refractivity contribution is 6.42. The van der Waals surface area contributed by atoms with E-state index in [9.17, 15) is 9.59 Å². The fourth-order valence-electron chi connectivity index (χ4n) is 3.95. The Kier molecular flexibility index (Phi) is 7.70. The number of hydrogen-bond donors (Lipinski definition) is 2. The number of halogens is 2. The van der Waals surface area contributed by atoms with Crippen molar-refractivity contribution in [2.45, 2.75) is 25.9 Å². The van der Waals surface area contributed by atoms with Crippen LogP contribution < -0.4 is 10.6 Å². The molecule has 1 aliphatic rings. The maximum atomic E-state index is 12.9. The number of likely N-dealkylation sites (tertiary alicyclic amines) is 1. The van der Waals surface area contributed by atoms with Gasteiger partial charge in [-0.3, -0.25) is 14.5 Å². The molecule has 0 atom stereocenters. The number of anilines is 1. The van der Waals surface area contributed by atoms with Crippen LogP contribution >= 0.6 is 23.2 Å². The van der Waals surface area contributed by atoms with Crippen molar-refractivity contribution in [3.8, 4) is 0 Å². The van der Waals surface area contributed by atoms with Crippen molar-refractivity contribution in [1.29, 1.82) is 0 Å². The number of nitrogens with one attached hydrogen (secondary N) is 2. The second-order valence-corrected chi connectivity index (χ2v) is 8.91. The number of amides is 2. The zero-order valence-electron chi connectivity index (χ0n) is 18.0. The number of piperidine rings is 1. The molecular formula is C25H25Cl2N3O3. The molecule has 6 nitrogen and oxygen atoms in total. The van der Waals surface area contributed by atoms with Gasteiger partial charge in [0.2, 0.25) is 5.91 Å². The van der Waals surface area contributed by atoms with Crippen LogP contribution in [0.1, 0.15) is 34.5 Å². The van der Waals surface area contributed by atoms with E-state index in [2.05, 4.69) is 15.5 Å². The monoisotopic (exact) mass is 485 g/mol. The zero-order chi connectivity index (χ0) is 23.2. The molecule has 2 aromatic carbocycles. The number of carbonyl (C=O) groups excluding carboxylic acids is 2. The van der Waals surface area contributed by atoms with Gasteiger partial charge in [0.1, 0.15) is 5.76 Å². The molecule has 33 heavy (non-hydrogen) atoms. The van der Waals surface area contributed by atoms with Crippen molar-refractivity contribution in [3.05, 3.63) is 87.8 Å². The van der Waals surface area contributed by atoms with Crippen LogP contribution in [0.25, 0.3) is 0 Å². The van der Waals surface area contributed by atoms with Crippen LogP contribution in [0.3, 0.4) is 0 Å². The average Bonchev–Trinajstić information content (AvgIpc) is 3.34. The Balaban J connectivity index is 1.31. The molecule has 0 radical (unpaired) electrons. The molecule has 2 amide bonds. The molecule has 0 unspecified atom stereocenters. The highest BCUT2D eigenvalue weighted by Crippen LogP contribution is 2.26. The Morgan fingerprint density at radius 3 is 2.52 bits per heavy atom. The van der Waals surface area contributed by atoms with E-state index in [4.69, 9.17) is 27.6 Å². The third-order valence-corrected chi connectivity index (χ3v) is 6.52. The van der Waals surface area contributed by atoms with Gasteiger partial charge >= 0.3 is 0 Å². The minimum absolute atomic E-state index is 0.0597. The van der Waals surface area contributed by atoms with Crippen LogP contribution in [0, 0.1) is 5.92 Å². The number of para-hydroxylation sites is 1. The molecular weight excluding hydrogens is 461 g/mol. The summed E-state index contributed by atoms with van der Waals surface area (Å²) in [4.78, 5) is 27.9.